The Labute approximate surface area is 129 Å². The first-order valence-electron chi connectivity index (χ1n) is 7.05. The molecule has 1 aromatic carbocycles. The van der Waals surface area contributed by atoms with E-state index < -0.39 is 9.84 Å². The van der Waals surface area contributed by atoms with Crippen molar-refractivity contribution in [3.8, 4) is 5.75 Å². The van der Waals surface area contributed by atoms with Crippen LogP contribution in [0.5, 0.6) is 5.75 Å². The highest BCUT2D eigenvalue weighted by molar-refractivity contribution is 7.91. The van der Waals surface area contributed by atoms with Gasteiger partial charge < -0.3 is 9.51 Å². The second-order valence-corrected chi connectivity index (χ2v) is 7.42. The van der Waals surface area contributed by atoms with Gasteiger partial charge in [-0.2, -0.15) is 0 Å². The number of nitrogens with zero attached hydrogens (tertiary/aromatic N) is 1. The van der Waals surface area contributed by atoms with Gasteiger partial charge in [-0.25, -0.2) is 8.42 Å². The molecule has 0 aliphatic carbocycles. The minimum absolute atomic E-state index is 0.0445. The van der Waals surface area contributed by atoms with Gasteiger partial charge in [-0.05, 0) is 53.9 Å². The van der Waals surface area contributed by atoms with Crippen LogP contribution in [0.25, 0.3) is 5.52 Å². The van der Waals surface area contributed by atoms with Gasteiger partial charge in [0.2, 0.25) is 9.84 Å². The zero-order valence-corrected chi connectivity index (χ0v) is 13.2. The lowest BCUT2D eigenvalue weighted by molar-refractivity contribution is 0.474. The first-order chi connectivity index (χ1) is 10.4. The molecule has 114 valence electrons. The number of phenolic OH excluding ortho intramolecular Hbond substituents is 1. The van der Waals surface area contributed by atoms with Crippen molar-refractivity contribution in [2.45, 2.75) is 29.7 Å². The fraction of sp³-hybridized carbons (Fsp3) is 0.176. The molecule has 0 fully saturated rings. The molecule has 0 amide bonds. The van der Waals surface area contributed by atoms with Crippen molar-refractivity contribution in [2.24, 2.45) is 0 Å². The third kappa shape index (κ3) is 2.27. The van der Waals surface area contributed by atoms with Crippen LogP contribution < -0.4 is 0 Å². The minimum atomic E-state index is -3.66. The zero-order chi connectivity index (χ0) is 15.9. The van der Waals surface area contributed by atoms with Crippen LogP contribution in [-0.2, 0) is 9.84 Å². The van der Waals surface area contributed by atoms with Crippen molar-refractivity contribution in [1.29, 1.82) is 0 Å². The van der Waals surface area contributed by atoms with Crippen LogP contribution in [0.1, 0.15) is 25.3 Å². The molecule has 0 spiro atoms. The SMILES string of the molecule is CC(C)c1cc2ccccn2c1S(=O)(=O)c1ccc(O)cc1. The van der Waals surface area contributed by atoms with E-state index in [9.17, 15) is 13.5 Å². The number of phenols is 1. The maximum absolute atomic E-state index is 13.0. The molecule has 2 aromatic heterocycles. The third-order valence-electron chi connectivity index (χ3n) is 3.68. The molecule has 0 bridgehead atoms. The largest absolute Gasteiger partial charge is 0.508 e. The van der Waals surface area contributed by atoms with Gasteiger partial charge in [-0.3, -0.25) is 0 Å². The zero-order valence-electron chi connectivity index (χ0n) is 12.4. The molecule has 5 heteroatoms. The number of benzene rings is 1. The molecule has 3 aromatic rings. The number of hydrogen-bond acceptors (Lipinski definition) is 3. The second kappa shape index (κ2) is 5.18. The lowest BCUT2D eigenvalue weighted by Gasteiger charge is -2.10. The summed E-state index contributed by atoms with van der Waals surface area (Å²) in [5, 5.41) is 9.66. The molecule has 0 saturated carbocycles. The van der Waals surface area contributed by atoms with Gasteiger partial charge in [0, 0.05) is 11.7 Å². The van der Waals surface area contributed by atoms with E-state index in [1.165, 1.54) is 24.3 Å². The number of rotatable bonds is 3. The Kier molecular flexibility index (Phi) is 3.45. The summed E-state index contributed by atoms with van der Waals surface area (Å²) in [6.07, 6.45) is 1.76. The van der Waals surface area contributed by atoms with Crippen molar-refractivity contribution < 1.29 is 13.5 Å². The van der Waals surface area contributed by atoms with Crippen LogP contribution in [0.3, 0.4) is 0 Å². The van der Waals surface area contributed by atoms with E-state index in [0.29, 0.717) is 5.03 Å². The Morgan fingerprint density at radius 1 is 1.05 bits per heavy atom. The van der Waals surface area contributed by atoms with Crippen molar-refractivity contribution in [3.63, 3.8) is 0 Å². The van der Waals surface area contributed by atoms with Gasteiger partial charge in [0.15, 0.2) is 0 Å². The van der Waals surface area contributed by atoms with Crippen molar-refractivity contribution in [2.75, 3.05) is 0 Å². The van der Waals surface area contributed by atoms with E-state index >= 15 is 0 Å². The Balaban J connectivity index is 2.32. The highest BCUT2D eigenvalue weighted by atomic mass is 32.2. The summed E-state index contributed by atoms with van der Waals surface area (Å²) >= 11 is 0. The fourth-order valence-corrected chi connectivity index (χ4v) is 4.30. The Bertz CT molecular complexity index is 922. The van der Waals surface area contributed by atoms with Crippen LogP contribution in [0.2, 0.25) is 0 Å². The smallest absolute Gasteiger partial charge is 0.222 e. The number of aromatic nitrogens is 1. The molecule has 4 nitrogen and oxygen atoms in total. The van der Waals surface area contributed by atoms with Gasteiger partial charge in [0.25, 0.3) is 0 Å². The molecule has 0 atom stereocenters. The van der Waals surface area contributed by atoms with E-state index in [2.05, 4.69) is 0 Å². The molecule has 0 radical (unpaired) electrons. The predicted molar refractivity (Wildman–Crippen MR) is 85.0 cm³/mol. The van der Waals surface area contributed by atoms with Crippen LogP contribution >= 0.6 is 0 Å². The van der Waals surface area contributed by atoms with E-state index in [1.807, 2.05) is 38.1 Å². The monoisotopic (exact) mass is 315 g/mol. The highest BCUT2D eigenvalue weighted by Crippen LogP contribution is 2.32. The third-order valence-corrected chi connectivity index (χ3v) is 5.52. The van der Waals surface area contributed by atoms with E-state index in [4.69, 9.17) is 0 Å². The number of pyridine rings is 1. The predicted octanol–water partition coefficient (Wildman–Crippen LogP) is 3.60. The summed E-state index contributed by atoms with van der Waals surface area (Å²) in [7, 11) is -3.66. The van der Waals surface area contributed by atoms with Crippen LogP contribution in [-0.4, -0.2) is 17.9 Å². The first-order valence-corrected chi connectivity index (χ1v) is 8.53. The number of hydrogen-bond donors (Lipinski definition) is 1. The van der Waals surface area contributed by atoms with Crippen molar-refractivity contribution in [1.82, 2.24) is 4.40 Å². The number of aromatic hydroxyl groups is 1. The summed E-state index contributed by atoms with van der Waals surface area (Å²) in [5.41, 5.74) is 1.64. The lowest BCUT2D eigenvalue weighted by Crippen LogP contribution is -2.08. The standard InChI is InChI=1S/C17H17NO3S/c1-12(2)16-11-13-5-3-4-10-18(13)17(16)22(20,21)15-8-6-14(19)7-9-15/h3-12,19H,1-2H3. The number of sulfone groups is 1. The highest BCUT2D eigenvalue weighted by Gasteiger charge is 2.26. The molecular weight excluding hydrogens is 298 g/mol. The fourth-order valence-electron chi connectivity index (χ4n) is 2.55. The molecule has 0 aliphatic rings. The van der Waals surface area contributed by atoms with Gasteiger partial charge in [0.1, 0.15) is 10.8 Å². The molecule has 0 aliphatic heterocycles. The summed E-state index contributed by atoms with van der Waals surface area (Å²) < 4.78 is 27.8. The van der Waals surface area contributed by atoms with Crippen LogP contribution in [0.4, 0.5) is 0 Å². The summed E-state index contributed by atoms with van der Waals surface area (Å²) in [4.78, 5) is 0.177. The lowest BCUT2D eigenvalue weighted by atomic mass is 10.1. The van der Waals surface area contributed by atoms with Gasteiger partial charge in [-0.1, -0.05) is 19.9 Å². The summed E-state index contributed by atoms with van der Waals surface area (Å²) in [6.45, 7) is 3.95. The molecule has 0 saturated heterocycles. The quantitative estimate of drug-likeness (QED) is 0.803. The maximum atomic E-state index is 13.0. The molecule has 1 N–H and O–H groups in total. The molecular formula is C17H17NO3S. The van der Waals surface area contributed by atoms with E-state index in [0.717, 1.165) is 11.1 Å². The van der Waals surface area contributed by atoms with Gasteiger partial charge in [0.05, 0.1) is 4.90 Å². The van der Waals surface area contributed by atoms with Gasteiger partial charge >= 0.3 is 0 Å². The normalized spacial score (nSPS) is 12.1. The molecule has 3 rings (SSSR count). The molecule has 0 unspecified atom stereocenters. The Morgan fingerprint density at radius 2 is 1.73 bits per heavy atom. The first kappa shape index (κ1) is 14.7. The summed E-state index contributed by atoms with van der Waals surface area (Å²) in [5.74, 6) is 0.129. The van der Waals surface area contributed by atoms with Gasteiger partial charge in [-0.15, -0.1) is 0 Å². The maximum Gasteiger partial charge on any atom is 0.222 e. The summed E-state index contributed by atoms with van der Waals surface area (Å²) in [6, 6.07) is 13.1. The van der Waals surface area contributed by atoms with Crippen molar-refractivity contribution in [3.05, 3.63) is 60.3 Å². The Morgan fingerprint density at radius 3 is 2.36 bits per heavy atom. The Hall–Kier alpha value is -2.27. The topological polar surface area (TPSA) is 58.8 Å². The van der Waals surface area contributed by atoms with Crippen LogP contribution in [0, 0.1) is 0 Å². The van der Waals surface area contributed by atoms with E-state index in [-0.39, 0.29) is 16.6 Å². The number of fused-ring (bicyclic) bond motifs is 1. The van der Waals surface area contributed by atoms with E-state index in [1.54, 1.807) is 10.6 Å². The average molecular weight is 315 g/mol. The van der Waals surface area contributed by atoms with Crippen LogP contribution in [0.15, 0.2) is 64.6 Å². The molecule has 22 heavy (non-hydrogen) atoms. The molecule has 2 heterocycles. The minimum Gasteiger partial charge on any atom is -0.508 e. The van der Waals surface area contributed by atoms with Crippen molar-refractivity contribution >= 4 is 15.4 Å². The second-order valence-electron chi connectivity index (χ2n) is 5.55. The average Bonchev–Trinajstić information content (AvgIpc) is 2.88.